The van der Waals surface area contributed by atoms with Crippen molar-refractivity contribution in [1.82, 2.24) is 10.4 Å². The number of nitrogens with two attached hydrogens (primary N) is 1. The Labute approximate surface area is 143 Å². The molecular weight excluding hydrogens is 327 g/mol. The fourth-order valence-electron chi connectivity index (χ4n) is 2.63. The summed E-state index contributed by atoms with van der Waals surface area (Å²) in [6, 6.07) is 4.90. The van der Waals surface area contributed by atoms with Gasteiger partial charge in [-0.15, -0.1) is 5.43 Å². The van der Waals surface area contributed by atoms with E-state index in [9.17, 15) is 14.4 Å². The fraction of sp³-hybridized carbons (Fsp3) is 0.312. The van der Waals surface area contributed by atoms with Gasteiger partial charge in [-0.3, -0.25) is 4.79 Å². The molecule has 1 saturated heterocycles. The number of carbonyl (C=O) groups is 1. The highest BCUT2D eigenvalue weighted by Crippen LogP contribution is 2.20. The van der Waals surface area contributed by atoms with Crippen LogP contribution in [0.2, 0.25) is 0 Å². The Hall–Kier alpha value is -3.12. The molecule has 0 aromatic carbocycles. The number of hydrazone groups is 1. The van der Waals surface area contributed by atoms with E-state index in [0.29, 0.717) is 25.3 Å². The molecule has 2 unspecified atom stereocenters. The van der Waals surface area contributed by atoms with Crippen LogP contribution in [0.25, 0.3) is 0 Å². The molecule has 128 valence electrons. The highest BCUT2D eigenvalue weighted by molar-refractivity contribution is 6.21. The Morgan fingerprint density at radius 3 is 3.20 bits per heavy atom. The first-order valence-corrected chi connectivity index (χ1v) is 7.66. The second-order valence-electron chi connectivity index (χ2n) is 5.64. The maximum Gasteiger partial charge on any atom is 0.258 e. The molecular formula is C16H16FN6O2+. The third-order valence-electron chi connectivity index (χ3n) is 3.89. The van der Waals surface area contributed by atoms with E-state index in [1.807, 2.05) is 0 Å². The van der Waals surface area contributed by atoms with E-state index in [1.165, 1.54) is 23.1 Å². The smallest absolute Gasteiger partial charge is 0.258 e. The minimum Gasteiger partial charge on any atom is -0.380 e. The first-order valence-electron chi connectivity index (χ1n) is 7.66. The molecule has 0 bridgehead atoms. The molecule has 2 aliphatic rings. The second-order valence-corrected chi connectivity index (χ2v) is 5.64. The van der Waals surface area contributed by atoms with Crippen molar-refractivity contribution in [2.24, 2.45) is 22.6 Å². The van der Waals surface area contributed by atoms with Gasteiger partial charge in [0.1, 0.15) is 0 Å². The molecule has 1 aromatic rings. The Kier molecular flexibility index (Phi) is 4.81. The van der Waals surface area contributed by atoms with Crippen molar-refractivity contribution < 1.29 is 18.6 Å². The summed E-state index contributed by atoms with van der Waals surface area (Å²) in [5.74, 6) is -1.46. The van der Waals surface area contributed by atoms with Crippen LogP contribution < -0.4 is 11.2 Å². The Morgan fingerprint density at radius 2 is 2.48 bits per heavy atom. The summed E-state index contributed by atoms with van der Waals surface area (Å²) in [6.07, 6.45) is 5.17. The molecule has 25 heavy (non-hydrogen) atoms. The van der Waals surface area contributed by atoms with Crippen molar-refractivity contribution in [2.45, 2.75) is 6.42 Å². The average molecular weight is 343 g/mol. The molecule has 3 N–H and O–H groups in total. The highest BCUT2D eigenvalue weighted by atomic mass is 19.1. The van der Waals surface area contributed by atoms with E-state index in [4.69, 9.17) is 10.5 Å². The lowest BCUT2D eigenvalue weighted by Crippen LogP contribution is -2.34. The molecule has 8 nitrogen and oxygen atoms in total. The van der Waals surface area contributed by atoms with Gasteiger partial charge in [0.05, 0.1) is 30.2 Å². The largest absolute Gasteiger partial charge is 0.380 e. The number of hydrogen-bond acceptors (Lipinski definition) is 5. The summed E-state index contributed by atoms with van der Waals surface area (Å²) in [6.45, 7) is 0.969. The van der Waals surface area contributed by atoms with Crippen LogP contribution in [0, 0.1) is 29.1 Å². The summed E-state index contributed by atoms with van der Waals surface area (Å²) in [5, 5.41) is 9.23. The van der Waals surface area contributed by atoms with Gasteiger partial charge in [0.25, 0.3) is 5.91 Å². The van der Waals surface area contributed by atoms with Gasteiger partial charge in [-0.05, 0) is 12.5 Å². The lowest BCUT2D eigenvalue weighted by molar-refractivity contribution is -0.495. The maximum atomic E-state index is 13.2. The van der Waals surface area contributed by atoms with Crippen LogP contribution in [0.4, 0.5) is 10.1 Å². The van der Waals surface area contributed by atoms with Gasteiger partial charge in [-0.2, -0.15) is 9.65 Å². The predicted molar refractivity (Wildman–Crippen MR) is 86.1 cm³/mol. The van der Waals surface area contributed by atoms with Crippen molar-refractivity contribution in [3.63, 3.8) is 0 Å². The Balaban J connectivity index is 1.88. The van der Waals surface area contributed by atoms with Crippen LogP contribution in [0.5, 0.6) is 0 Å². The van der Waals surface area contributed by atoms with Gasteiger partial charge in [0.2, 0.25) is 18.0 Å². The summed E-state index contributed by atoms with van der Waals surface area (Å²) in [4.78, 5) is 19.3. The van der Waals surface area contributed by atoms with Crippen LogP contribution in [-0.2, 0) is 9.53 Å². The van der Waals surface area contributed by atoms with Crippen molar-refractivity contribution >= 4 is 23.6 Å². The third kappa shape index (κ3) is 3.87. The van der Waals surface area contributed by atoms with Crippen molar-refractivity contribution in [1.29, 1.82) is 5.26 Å². The molecule has 1 amide bonds. The topological polar surface area (TPSA) is 116 Å². The first-order chi connectivity index (χ1) is 12.1. The number of nitrogens with one attached hydrogen (secondary N) is 1. The summed E-state index contributed by atoms with van der Waals surface area (Å²) in [7, 11) is 0. The van der Waals surface area contributed by atoms with Crippen LogP contribution in [-0.4, -0.2) is 40.8 Å². The van der Waals surface area contributed by atoms with E-state index in [2.05, 4.69) is 21.5 Å². The summed E-state index contributed by atoms with van der Waals surface area (Å²) < 4.78 is 20.1. The number of halogens is 1. The molecule has 9 heteroatoms. The number of amides is 1. The van der Waals surface area contributed by atoms with Crippen LogP contribution in [0.1, 0.15) is 6.42 Å². The molecule has 0 aliphatic carbocycles. The monoisotopic (exact) mass is 343 g/mol. The molecule has 3 rings (SSSR count). The summed E-state index contributed by atoms with van der Waals surface area (Å²) in [5.41, 5.74) is 8.74. The zero-order chi connectivity index (χ0) is 17.8. The quantitative estimate of drug-likeness (QED) is 0.608. The van der Waals surface area contributed by atoms with Crippen molar-refractivity contribution in [3.05, 3.63) is 36.1 Å². The minimum atomic E-state index is -0.677. The van der Waals surface area contributed by atoms with Gasteiger partial charge in [-0.25, -0.2) is 9.98 Å². The van der Waals surface area contributed by atoms with Crippen LogP contribution in [0.15, 0.2) is 35.1 Å². The molecule has 1 fully saturated rings. The number of hydrogen-bond donors (Lipinski definition) is 2. The van der Waals surface area contributed by atoms with Crippen molar-refractivity contribution in [2.75, 3.05) is 13.2 Å². The Bertz CT molecular complexity index is 826. The lowest BCUT2D eigenvalue weighted by Gasteiger charge is -2.21. The number of aliphatic imine (C=N–C) groups is 1. The number of primary amides is 1. The molecule has 0 spiro atoms. The van der Waals surface area contributed by atoms with Crippen LogP contribution in [0.3, 0.4) is 0 Å². The second kappa shape index (κ2) is 7.19. The zero-order valence-electron chi connectivity index (χ0n) is 13.2. The van der Waals surface area contributed by atoms with Crippen molar-refractivity contribution in [3.8, 4) is 6.07 Å². The van der Waals surface area contributed by atoms with E-state index in [-0.39, 0.29) is 23.2 Å². The molecule has 2 aliphatic heterocycles. The number of hydrazine groups is 1. The summed E-state index contributed by atoms with van der Waals surface area (Å²) >= 11 is 0. The van der Waals surface area contributed by atoms with Gasteiger partial charge >= 0.3 is 0 Å². The SMILES string of the molecule is N#CC1CCOCC1C=[N+]1C=C(C(N)=O)C(=Nc2ccnc(F)c2)N1. The number of ether oxygens (including phenoxy) is 1. The molecule has 0 saturated carbocycles. The number of carbonyl (C=O) groups excluding carboxylic acids is 1. The van der Waals surface area contributed by atoms with Gasteiger partial charge in [-0.1, -0.05) is 4.68 Å². The van der Waals surface area contributed by atoms with Gasteiger partial charge in [0.15, 0.2) is 11.8 Å². The number of nitrogens with zero attached hydrogens (tertiary/aromatic N) is 4. The highest BCUT2D eigenvalue weighted by Gasteiger charge is 2.32. The minimum absolute atomic E-state index is 0.130. The predicted octanol–water partition coefficient (Wildman–Crippen LogP) is 0.398. The molecule has 0 radical (unpaired) electrons. The third-order valence-corrected chi connectivity index (χ3v) is 3.89. The Morgan fingerprint density at radius 1 is 1.64 bits per heavy atom. The molecule has 1 aromatic heterocycles. The van der Waals surface area contributed by atoms with Gasteiger partial charge < -0.3 is 10.5 Å². The number of pyridine rings is 1. The zero-order valence-corrected chi connectivity index (χ0v) is 13.2. The average Bonchev–Trinajstić information content (AvgIpc) is 2.98. The maximum absolute atomic E-state index is 13.2. The fourth-order valence-corrected chi connectivity index (χ4v) is 2.63. The van der Waals surface area contributed by atoms with Gasteiger partial charge in [0, 0.05) is 18.9 Å². The number of aromatic nitrogens is 1. The standard InChI is InChI=1S/C16H15FN6O2/c17-14-5-12(1-3-20-14)21-16-13(15(19)24)8-23(22-16)7-11-9-25-4-2-10(11)6-18/h1,3,5,7-8,10-11H,2,4,9H2,(H2-,19,20,21,22,24)/p+1. The lowest BCUT2D eigenvalue weighted by atomic mass is 9.91. The molecule has 2 atom stereocenters. The number of nitriles is 1. The van der Waals surface area contributed by atoms with E-state index in [1.54, 1.807) is 6.21 Å². The first kappa shape index (κ1) is 16.7. The van der Waals surface area contributed by atoms with Crippen LogP contribution >= 0.6 is 0 Å². The normalized spacial score (nSPS) is 26.2. The number of rotatable bonds is 3. The van der Waals surface area contributed by atoms with E-state index >= 15 is 0 Å². The van der Waals surface area contributed by atoms with E-state index in [0.717, 1.165) is 6.07 Å². The van der Waals surface area contributed by atoms with E-state index < -0.39 is 11.9 Å². The molecule has 3 heterocycles. The number of amidine groups is 1.